The highest BCUT2D eigenvalue weighted by Crippen LogP contribution is 2.41. The summed E-state index contributed by atoms with van der Waals surface area (Å²) in [5.41, 5.74) is 1.31. The van der Waals surface area contributed by atoms with Crippen LogP contribution in [0.5, 0.6) is 0 Å². The summed E-state index contributed by atoms with van der Waals surface area (Å²) in [5.74, 6) is -0.793. The molecule has 11 heteroatoms. The van der Waals surface area contributed by atoms with Crippen LogP contribution >= 0.6 is 0 Å². The number of H-pyrrole nitrogens is 2. The summed E-state index contributed by atoms with van der Waals surface area (Å²) in [5, 5.41) is 0. The van der Waals surface area contributed by atoms with Crippen molar-refractivity contribution in [2.45, 2.75) is 75.6 Å². The lowest BCUT2D eigenvalue weighted by Crippen LogP contribution is -2.17. The van der Waals surface area contributed by atoms with E-state index in [9.17, 15) is 26.3 Å². The van der Waals surface area contributed by atoms with Gasteiger partial charge in [0.25, 0.3) is 0 Å². The van der Waals surface area contributed by atoms with Gasteiger partial charge in [-0.15, -0.1) is 0 Å². The van der Waals surface area contributed by atoms with Crippen LogP contribution in [0.4, 0.5) is 26.3 Å². The van der Waals surface area contributed by atoms with E-state index in [1.807, 2.05) is 13.8 Å². The van der Waals surface area contributed by atoms with Gasteiger partial charge in [-0.05, 0) is 60.8 Å². The molecule has 4 unspecified atom stereocenters. The Kier molecular flexibility index (Phi) is 10.7. The number of benzene rings is 2. The molecule has 0 aliphatic rings. The number of nitrogens with one attached hydrogen (secondary N) is 2. The van der Waals surface area contributed by atoms with Crippen molar-refractivity contribution in [1.82, 2.24) is 19.9 Å². The summed E-state index contributed by atoms with van der Waals surface area (Å²) in [4.78, 5) is 14.7. The molecule has 4 rings (SSSR count). The Morgan fingerprint density at radius 1 is 0.651 bits per heavy atom. The van der Waals surface area contributed by atoms with Crippen LogP contribution in [0.2, 0.25) is 0 Å². The maximum Gasteiger partial charge on any atom is 0.416 e. The average molecular weight is 607 g/mol. The molecule has 5 nitrogen and oxygen atoms in total. The number of aromatic nitrogens is 4. The van der Waals surface area contributed by atoms with E-state index >= 15 is 0 Å². The zero-order valence-corrected chi connectivity index (χ0v) is 24.1. The standard InChI is InChI=1S/C32H36F6N4O/c1-3-25(21-7-5-9-23(15-21)31(33,34)35)27(29-17-39-19-41-29)11-13-43-14-12-28(30-18-40-20-42-30)26(4-2)22-8-6-10-24(16-22)32(36,37)38/h5-10,15-20,25-28H,3-4,11-14H2,1-2H3,(H,39,41)(H,40,42). The van der Waals surface area contributed by atoms with Crippen molar-refractivity contribution in [3.63, 3.8) is 0 Å². The van der Waals surface area contributed by atoms with Gasteiger partial charge in [0.15, 0.2) is 0 Å². The molecule has 0 aliphatic heterocycles. The van der Waals surface area contributed by atoms with Gasteiger partial charge in [0.05, 0.1) is 35.2 Å². The van der Waals surface area contributed by atoms with Crippen molar-refractivity contribution in [2.24, 2.45) is 0 Å². The second-order valence-electron chi connectivity index (χ2n) is 10.7. The first kappa shape index (κ1) is 32.3. The van der Waals surface area contributed by atoms with Crippen molar-refractivity contribution in [3.8, 4) is 0 Å². The monoisotopic (exact) mass is 606 g/mol. The fraction of sp³-hybridized carbons (Fsp3) is 0.438. The van der Waals surface area contributed by atoms with Gasteiger partial charge < -0.3 is 14.7 Å². The molecule has 0 spiro atoms. The third-order valence-electron chi connectivity index (χ3n) is 8.08. The van der Waals surface area contributed by atoms with Gasteiger partial charge in [-0.1, -0.05) is 50.2 Å². The molecule has 2 aromatic carbocycles. The van der Waals surface area contributed by atoms with Gasteiger partial charge in [-0.25, -0.2) is 9.97 Å². The maximum absolute atomic E-state index is 13.4. The van der Waals surface area contributed by atoms with Gasteiger partial charge in [0, 0.05) is 37.4 Å². The normalized spacial score (nSPS) is 15.3. The Balaban J connectivity index is 1.46. The van der Waals surface area contributed by atoms with Crippen molar-refractivity contribution < 1.29 is 31.1 Å². The summed E-state index contributed by atoms with van der Waals surface area (Å²) >= 11 is 0. The summed E-state index contributed by atoms with van der Waals surface area (Å²) in [6.07, 6.45) is 0.0117. The summed E-state index contributed by atoms with van der Waals surface area (Å²) < 4.78 is 86.7. The zero-order valence-electron chi connectivity index (χ0n) is 24.1. The molecule has 232 valence electrons. The van der Waals surface area contributed by atoms with E-state index in [-0.39, 0.29) is 23.7 Å². The molecule has 2 aromatic heterocycles. The van der Waals surface area contributed by atoms with E-state index in [2.05, 4.69) is 19.9 Å². The van der Waals surface area contributed by atoms with Crippen LogP contribution in [0.3, 0.4) is 0 Å². The minimum atomic E-state index is -4.44. The minimum absolute atomic E-state index is 0.185. The van der Waals surface area contributed by atoms with Crippen molar-refractivity contribution in [1.29, 1.82) is 0 Å². The van der Waals surface area contributed by atoms with E-state index in [1.165, 1.54) is 24.3 Å². The van der Waals surface area contributed by atoms with Crippen LogP contribution in [0, 0.1) is 0 Å². The topological polar surface area (TPSA) is 66.6 Å². The molecule has 4 aromatic rings. The van der Waals surface area contributed by atoms with E-state index < -0.39 is 23.5 Å². The molecular weight excluding hydrogens is 570 g/mol. The number of nitrogens with zero attached hydrogens (tertiary/aromatic N) is 2. The lowest BCUT2D eigenvalue weighted by atomic mass is 9.80. The van der Waals surface area contributed by atoms with Crippen LogP contribution in [0.1, 0.15) is 96.8 Å². The van der Waals surface area contributed by atoms with Gasteiger partial charge in [-0.3, -0.25) is 0 Å². The molecular formula is C32H36F6N4O. The van der Waals surface area contributed by atoms with Crippen LogP contribution < -0.4 is 0 Å². The number of halogens is 6. The Morgan fingerprint density at radius 3 is 1.40 bits per heavy atom. The smallest absolute Gasteiger partial charge is 0.381 e. The van der Waals surface area contributed by atoms with Crippen molar-refractivity contribution >= 4 is 0 Å². The van der Waals surface area contributed by atoms with Crippen molar-refractivity contribution in [2.75, 3.05) is 13.2 Å². The van der Waals surface area contributed by atoms with E-state index in [1.54, 1.807) is 37.2 Å². The summed E-state index contributed by atoms with van der Waals surface area (Å²) in [6.45, 7) is 4.55. The number of imidazole rings is 2. The zero-order chi connectivity index (χ0) is 31.0. The lowest BCUT2D eigenvalue weighted by molar-refractivity contribution is -0.138. The number of aromatic amines is 2. The second kappa shape index (κ2) is 14.2. The first-order valence-corrected chi connectivity index (χ1v) is 14.4. The lowest BCUT2D eigenvalue weighted by Gasteiger charge is -2.27. The molecule has 0 bridgehead atoms. The first-order valence-electron chi connectivity index (χ1n) is 14.4. The number of ether oxygens (including phenoxy) is 1. The molecule has 0 amide bonds. The highest BCUT2D eigenvalue weighted by Gasteiger charge is 2.34. The molecule has 0 aliphatic carbocycles. The quantitative estimate of drug-likeness (QED) is 0.111. The highest BCUT2D eigenvalue weighted by molar-refractivity contribution is 5.32. The average Bonchev–Trinajstić information content (AvgIpc) is 3.71. The molecule has 43 heavy (non-hydrogen) atoms. The van der Waals surface area contributed by atoms with Gasteiger partial charge in [0.2, 0.25) is 0 Å². The number of hydrogen-bond donors (Lipinski definition) is 2. The third-order valence-corrected chi connectivity index (χ3v) is 8.08. The van der Waals surface area contributed by atoms with Gasteiger partial charge in [0.1, 0.15) is 0 Å². The van der Waals surface area contributed by atoms with Gasteiger partial charge in [-0.2, -0.15) is 26.3 Å². The van der Waals surface area contributed by atoms with E-state index in [0.717, 1.165) is 23.5 Å². The maximum atomic E-state index is 13.4. The van der Waals surface area contributed by atoms with E-state index in [4.69, 9.17) is 4.74 Å². The predicted octanol–water partition coefficient (Wildman–Crippen LogP) is 9.22. The minimum Gasteiger partial charge on any atom is -0.381 e. The number of rotatable bonds is 14. The third kappa shape index (κ3) is 8.28. The SMILES string of the molecule is CCC(c1cccc(C(F)(F)F)c1)C(CCOCCC(c1c[nH]cn1)C(CC)c1cccc(C(F)(F)F)c1)c1c[nH]cn1. The van der Waals surface area contributed by atoms with Gasteiger partial charge >= 0.3 is 12.4 Å². The van der Waals surface area contributed by atoms with Crippen LogP contribution in [0.15, 0.2) is 73.6 Å². The Morgan fingerprint density at radius 2 is 1.07 bits per heavy atom. The number of alkyl halides is 6. The van der Waals surface area contributed by atoms with Crippen LogP contribution in [-0.2, 0) is 17.1 Å². The highest BCUT2D eigenvalue weighted by atomic mass is 19.4. The van der Waals surface area contributed by atoms with Crippen LogP contribution in [0.25, 0.3) is 0 Å². The Labute approximate surface area is 247 Å². The molecule has 4 atom stereocenters. The van der Waals surface area contributed by atoms with E-state index in [0.29, 0.717) is 50.0 Å². The van der Waals surface area contributed by atoms with Crippen LogP contribution in [-0.4, -0.2) is 33.1 Å². The Bertz CT molecular complexity index is 1280. The molecule has 2 N–H and O–H groups in total. The summed E-state index contributed by atoms with van der Waals surface area (Å²) in [7, 11) is 0. The number of hydrogen-bond acceptors (Lipinski definition) is 3. The molecule has 2 heterocycles. The predicted molar refractivity (Wildman–Crippen MR) is 152 cm³/mol. The molecule has 0 saturated heterocycles. The molecule has 0 radical (unpaired) electrons. The fourth-order valence-corrected chi connectivity index (χ4v) is 5.98. The summed E-state index contributed by atoms with van der Waals surface area (Å²) in [6, 6.07) is 10.9. The molecule has 0 fully saturated rings. The fourth-order valence-electron chi connectivity index (χ4n) is 5.98. The second-order valence-corrected chi connectivity index (χ2v) is 10.7. The first-order chi connectivity index (χ1) is 20.5. The largest absolute Gasteiger partial charge is 0.416 e. The van der Waals surface area contributed by atoms with Crippen molar-refractivity contribution in [3.05, 3.63) is 107 Å². The molecule has 0 saturated carbocycles. The Hall–Kier alpha value is -3.60.